The van der Waals surface area contributed by atoms with Crippen molar-refractivity contribution in [1.82, 2.24) is 0 Å². The second-order valence-corrected chi connectivity index (χ2v) is 15.3. The molecule has 1 heterocycles. The van der Waals surface area contributed by atoms with Gasteiger partial charge in [0.15, 0.2) is 0 Å². The number of benzene rings is 1. The monoisotopic (exact) mass is 412 g/mol. The normalized spacial score (nSPS) is 23.2. The summed E-state index contributed by atoms with van der Waals surface area (Å²) in [6, 6.07) is 0. The van der Waals surface area contributed by atoms with Crippen LogP contribution in [0.1, 0.15) is 54.2 Å². The Bertz CT molecular complexity index is 636. The molecule has 8 heteroatoms. The van der Waals surface area contributed by atoms with E-state index in [0.29, 0.717) is 5.92 Å². The molecule has 25 heavy (non-hydrogen) atoms. The van der Waals surface area contributed by atoms with E-state index in [-0.39, 0.29) is 0 Å². The Labute approximate surface area is 161 Å². The summed E-state index contributed by atoms with van der Waals surface area (Å²) >= 11 is 0. The fraction of sp³-hybridized carbons (Fsp3) is 0.529. The van der Waals surface area contributed by atoms with E-state index in [1.165, 1.54) is 44.2 Å². The fourth-order valence-corrected chi connectivity index (χ4v) is 13.2. The van der Waals surface area contributed by atoms with E-state index in [9.17, 15) is 0 Å². The first-order chi connectivity index (χ1) is 11.8. The summed E-state index contributed by atoms with van der Waals surface area (Å²) in [5.74, 6) is 0.420. The van der Waals surface area contributed by atoms with Gasteiger partial charge in [0, 0.05) is 0 Å². The maximum atomic E-state index is 6.13. The SMILES string of the molecule is CC(=C(c1c(C)c(C)c(C)c(C)c1C)C(C)C)[SiH]1O[SiH2]O[SiH2]O[SiH2]O1. The molecule has 140 valence electrons. The third kappa shape index (κ3) is 4.50. The molecule has 2 rings (SSSR count). The van der Waals surface area contributed by atoms with Crippen molar-refractivity contribution in [3.05, 3.63) is 38.6 Å². The molecule has 0 radical (unpaired) electrons. The number of hydrogen-bond acceptors (Lipinski definition) is 4. The third-order valence-corrected chi connectivity index (χ3v) is 12.6. The first-order valence-corrected chi connectivity index (χ1v) is 13.9. The second-order valence-electron chi connectivity index (χ2n) is 7.18. The average molecular weight is 413 g/mol. The molecular weight excluding hydrogens is 381 g/mol. The predicted octanol–water partition coefficient (Wildman–Crippen LogP) is 1.49. The van der Waals surface area contributed by atoms with Crippen molar-refractivity contribution >= 4 is 44.9 Å². The molecule has 1 aliphatic rings. The molecule has 1 saturated heterocycles. The zero-order valence-electron chi connectivity index (χ0n) is 16.9. The maximum absolute atomic E-state index is 6.13. The molecule has 4 nitrogen and oxygen atoms in total. The topological polar surface area (TPSA) is 36.9 Å². The van der Waals surface area contributed by atoms with Gasteiger partial charge in [0.05, 0.1) is 0 Å². The van der Waals surface area contributed by atoms with Crippen LogP contribution in [0.2, 0.25) is 0 Å². The van der Waals surface area contributed by atoms with Crippen molar-refractivity contribution in [1.29, 1.82) is 0 Å². The van der Waals surface area contributed by atoms with Gasteiger partial charge in [-0.05, 0) is 91.6 Å². The molecule has 1 aliphatic heterocycles. The van der Waals surface area contributed by atoms with Crippen LogP contribution in [0.5, 0.6) is 0 Å². The quantitative estimate of drug-likeness (QED) is 0.705. The molecule has 0 atom stereocenters. The van der Waals surface area contributed by atoms with Gasteiger partial charge in [-0.3, -0.25) is 0 Å². The lowest BCUT2D eigenvalue weighted by atomic mass is 9.82. The van der Waals surface area contributed by atoms with E-state index in [1.807, 2.05) is 0 Å². The summed E-state index contributed by atoms with van der Waals surface area (Å²) in [5, 5.41) is 1.31. The molecule has 0 spiro atoms. The van der Waals surface area contributed by atoms with E-state index < -0.39 is 39.3 Å². The summed E-state index contributed by atoms with van der Waals surface area (Å²) in [6.07, 6.45) is 0. The van der Waals surface area contributed by atoms with Crippen LogP contribution in [0, 0.1) is 40.5 Å². The van der Waals surface area contributed by atoms with Crippen LogP contribution in [0.3, 0.4) is 0 Å². The van der Waals surface area contributed by atoms with E-state index >= 15 is 0 Å². The van der Waals surface area contributed by atoms with Crippen LogP contribution in [-0.2, 0) is 16.5 Å². The molecule has 0 amide bonds. The molecule has 0 aliphatic carbocycles. The van der Waals surface area contributed by atoms with E-state index in [2.05, 4.69) is 55.4 Å². The Hall–Kier alpha value is -0.332. The molecule has 0 N–H and O–H groups in total. The highest BCUT2D eigenvalue weighted by Crippen LogP contribution is 2.37. The molecule has 0 aromatic heterocycles. The summed E-state index contributed by atoms with van der Waals surface area (Å²) < 4.78 is 23.5. The highest BCUT2D eigenvalue weighted by molar-refractivity contribution is 6.66. The first-order valence-electron chi connectivity index (χ1n) is 8.94. The number of allylic oxidation sites excluding steroid dienone is 2. The van der Waals surface area contributed by atoms with Crippen LogP contribution in [0.15, 0.2) is 5.20 Å². The van der Waals surface area contributed by atoms with Gasteiger partial charge in [-0.1, -0.05) is 13.8 Å². The van der Waals surface area contributed by atoms with Gasteiger partial charge in [0.1, 0.15) is 0 Å². The minimum atomic E-state index is -1.89. The van der Waals surface area contributed by atoms with Gasteiger partial charge < -0.3 is 16.5 Å². The van der Waals surface area contributed by atoms with E-state index in [1.54, 1.807) is 0 Å². The van der Waals surface area contributed by atoms with E-state index in [4.69, 9.17) is 16.5 Å². The van der Waals surface area contributed by atoms with E-state index in [0.717, 1.165) is 0 Å². The van der Waals surface area contributed by atoms with Gasteiger partial charge in [0.2, 0.25) is 0 Å². The maximum Gasteiger partial charge on any atom is 0.333 e. The summed E-state index contributed by atoms with van der Waals surface area (Å²) in [7, 11) is -4.63. The summed E-state index contributed by atoms with van der Waals surface area (Å²) in [4.78, 5) is 0. The van der Waals surface area contributed by atoms with Crippen molar-refractivity contribution in [2.24, 2.45) is 5.92 Å². The second kappa shape index (κ2) is 9.04. The van der Waals surface area contributed by atoms with Crippen molar-refractivity contribution in [2.75, 3.05) is 0 Å². The van der Waals surface area contributed by atoms with Gasteiger partial charge in [0.25, 0.3) is 30.0 Å². The molecule has 0 bridgehead atoms. The molecular formula is C17H32O4Si4. The highest BCUT2D eigenvalue weighted by atomic mass is 28.4. The Morgan fingerprint density at radius 2 is 1.20 bits per heavy atom. The lowest BCUT2D eigenvalue weighted by Crippen LogP contribution is -2.35. The molecule has 0 saturated carbocycles. The van der Waals surface area contributed by atoms with Crippen LogP contribution in [0.4, 0.5) is 0 Å². The molecule has 0 unspecified atom stereocenters. The van der Waals surface area contributed by atoms with Gasteiger partial charge >= 0.3 is 9.28 Å². The van der Waals surface area contributed by atoms with Crippen LogP contribution >= 0.6 is 0 Å². The Balaban J connectivity index is 2.61. The lowest BCUT2D eigenvalue weighted by molar-refractivity contribution is 0.334. The fourth-order valence-electron chi connectivity index (χ4n) is 3.62. The minimum absolute atomic E-state index is 0.420. The number of hydrogen-bond donors (Lipinski definition) is 0. The number of rotatable bonds is 3. The summed E-state index contributed by atoms with van der Waals surface area (Å²) in [5.41, 5.74) is 9.77. The van der Waals surface area contributed by atoms with Gasteiger partial charge in [-0.2, -0.15) is 0 Å². The standard InChI is InChI=1S/C17H32O4Si4/c1-9(2)16(15(8)25-20-23-18-22-19-24-21-25)17-13(6)11(4)10(3)12(5)14(17)7/h9,25H,22-24H2,1-8H3. The van der Waals surface area contributed by atoms with Crippen molar-refractivity contribution < 1.29 is 16.5 Å². The summed E-state index contributed by atoms with van der Waals surface area (Å²) in [6.45, 7) is 18.0. The Morgan fingerprint density at radius 3 is 1.64 bits per heavy atom. The molecule has 1 fully saturated rings. The molecule has 1 aromatic rings. The predicted molar refractivity (Wildman–Crippen MR) is 115 cm³/mol. The van der Waals surface area contributed by atoms with Crippen LogP contribution in [0.25, 0.3) is 5.57 Å². The van der Waals surface area contributed by atoms with Crippen molar-refractivity contribution in [3.63, 3.8) is 0 Å². The highest BCUT2D eigenvalue weighted by Gasteiger charge is 2.26. The average Bonchev–Trinajstić information content (AvgIpc) is 2.54. The smallest absolute Gasteiger partial charge is 0.333 e. The zero-order valence-corrected chi connectivity index (χ0v) is 22.3. The van der Waals surface area contributed by atoms with Crippen molar-refractivity contribution in [3.8, 4) is 0 Å². The molecule has 1 aromatic carbocycles. The zero-order chi connectivity index (χ0) is 18.7. The van der Waals surface area contributed by atoms with Crippen LogP contribution in [-0.4, -0.2) is 39.3 Å². The largest absolute Gasteiger partial charge is 0.425 e. The third-order valence-electron chi connectivity index (χ3n) is 5.40. The van der Waals surface area contributed by atoms with Gasteiger partial charge in [-0.25, -0.2) is 0 Å². The van der Waals surface area contributed by atoms with Crippen LogP contribution < -0.4 is 0 Å². The minimum Gasteiger partial charge on any atom is -0.425 e. The lowest BCUT2D eigenvalue weighted by Gasteiger charge is -2.28. The van der Waals surface area contributed by atoms with Gasteiger partial charge in [-0.15, -0.1) is 0 Å². The van der Waals surface area contributed by atoms with Crippen molar-refractivity contribution in [2.45, 2.75) is 55.4 Å². The first kappa shape index (κ1) is 21.0. The Morgan fingerprint density at radius 1 is 0.760 bits per heavy atom. The Kier molecular flexibility index (Phi) is 7.59.